The molecule has 2 nitrogen and oxygen atoms in total. The molecule has 6 heteroatoms. The summed E-state index contributed by atoms with van der Waals surface area (Å²) < 4.78 is 37.5. The molecule has 0 aliphatic carbocycles. The zero-order valence-corrected chi connectivity index (χ0v) is 12.0. The van der Waals surface area contributed by atoms with Crippen molar-refractivity contribution in [1.82, 2.24) is 10.3 Å². The number of benzene rings is 1. The number of aryl methyl sites for hydroxylation is 1. The summed E-state index contributed by atoms with van der Waals surface area (Å²) in [6.45, 7) is 1.93. The molecule has 0 aliphatic heterocycles. The van der Waals surface area contributed by atoms with E-state index in [4.69, 9.17) is 0 Å². The Hall–Kier alpha value is -1.40. The maximum atomic E-state index is 12.5. The van der Waals surface area contributed by atoms with Crippen molar-refractivity contribution < 1.29 is 13.2 Å². The fourth-order valence-corrected chi connectivity index (χ4v) is 2.84. The first kappa shape index (κ1) is 15.0. The Bertz CT molecular complexity index is 561. The number of likely N-dealkylation sites (N-methyl/N-ethyl adjacent to an activating group) is 1. The summed E-state index contributed by atoms with van der Waals surface area (Å²) in [6.07, 6.45) is -1.84. The van der Waals surface area contributed by atoms with E-state index < -0.39 is 11.7 Å². The van der Waals surface area contributed by atoms with Gasteiger partial charge in [-0.25, -0.2) is 4.98 Å². The molecule has 0 saturated carbocycles. The minimum atomic E-state index is -4.28. The third kappa shape index (κ3) is 3.58. The second-order valence-electron chi connectivity index (χ2n) is 4.52. The molecule has 2 rings (SSSR count). The van der Waals surface area contributed by atoms with Gasteiger partial charge < -0.3 is 5.32 Å². The average Bonchev–Trinajstić information content (AvgIpc) is 2.82. The van der Waals surface area contributed by atoms with Gasteiger partial charge in [0.25, 0.3) is 0 Å². The molecule has 0 amide bonds. The van der Waals surface area contributed by atoms with E-state index >= 15 is 0 Å². The second kappa shape index (κ2) is 5.93. The van der Waals surface area contributed by atoms with Crippen LogP contribution in [0.3, 0.4) is 0 Å². The largest absolute Gasteiger partial charge is 0.416 e. The van der Waals surface area contributed by atoms with Crippen molar-refractivity contribution in [2.24, 2.45) is 0 Å². The van der Waals surface area contributed by atoms with Crippen molar-refractivity contribution >= 4 is 11.3 Å². The summed E-state index contributed by atoms with van der Waals surface area (Å²) in [6, 6.07) is 5.38. The summed E-state index contributed by atoms with van der Waals surface area (Å²) in [4.78, 5) is 5.29. The minimum absolute atomic E-state index is 0.0675. The fraction of sp³-hybridized carbons (Fsp3) is 0.357. The number of alkyl halides is 3. The molecular weight excluding hydrogens is 285 g/mol. The third-order valence-corrected chi connectivity index (χ3v) is 4.08. The van der Waals surface area contributed by atoms with Crippen molar-refractivity contribution in [3.05, 3.63) is 51.5 Å². The third-order valence-electron chi connectivity index (χ3n) is 3.05. The van der Waals surface area contributed by atoms with Crippen LogP contribution in [0.15, 0.2) is 30.5 Å². The molecule has 0 fully saturated rings. The summed E-state index contributed by atoms with van der Waals surface area (Å²) in [5.74, 6) is 0. The summed E-state index contributed by atoms with van der Waals surface area (Å²) in [5, 5.41) is 4.15. The van der Waals surface area contributed by atoms with Crippen LogP contribution in [0.25, 0.3) is 0 Å². The number of aromatic nitrogens is 1. The quantitative estimate of drug-likeness (QED) is 0.924. The molecule has 0 radical (unpaired) electrons. The summed E-state index contributed by atoms with van der Waals surface area (Å²) >= 11 is 1.59. The number of nitrogens with one attached hydrogen (secondary N) is 1. The van der Waals surface area contributed by atoms with Crippen LogP contribution in [0.5, 0.6) is 0 Å². The molecule has 0 spiro atoms. The smallest absolute Gasteiger partial charge is 0.312 e. The van der Waals surface area contributed by atoms with E-state index in [0.717, 1.165) is 27.6 Å². The number of rotatable bonds is 4. The Morgan fingerprint density at radius 2 is 1.90 bits per heavy atom. The van der Waals surface area contributed by atoms with Crippen LogP contribution in [0.4, 0.5) is 13.2 Å². The molecule has 1 aromatic heterocycles. The SMILES string of the molecule is CNC(Cc1ccc(C(F)(F)F)cc1)c1cnc(C)s1. The van der Waals surface area contributed by atoms with Crippen molar-refractivity contribution in [1.29, 1.82) is 0 Å². The molecule has 108 valence electrons. The van der Waals surface area contributed by atoms with Crippen molar-refractivity contribution in [3.63, 3.8) is 0 Å². The highest BCUT2D eigenvalue weighted by molar-refractivity contribution is 7.11. The molecule has 0 aliphatic rings. The maximum absolute atomic E-state index is 12.5. The molecule has 1 aromatic carbocycles. The zero-order valence-electron chi connectivity index (χ0n) is 11.2. The van der Waals surface area contributed by atoms with Gasteiger partial charge in [-0.15, -0.1) is 11.3 Å². The summed E-state index contributed by atoms with van der Waals surface area (Å²) in [7, 11) is 1.84. The molecule has 20 heavy (non-hydrogen) atoms. The van der Waals surface area contributed by atoms with Crippen LogP contribution in [-0.4, -0.2) is 12.0 Å². The van der Waals surface area contributed by atoms with Gasteiger partial charge in [0, 0.05) is 17.1 Å². The minimum Gasteiger partial charge on any atom is -0.312 e. The van der Waals surface area contributed by atoms with Gasteiger partial charge in [0.1, 0.15) is 0 Å². The normalized spacial score (nSPS) is 13.4. The van der Waals surface area contributed by atoms with Crippen molar-refractivity contribution in [2.45, 2.75) is 25.6 Å². The first-order valence-electron chi connectivity index (χ1n) is 6.16. The molecule has 2 aromatic rings. The molecule has 1 heterocycles. The standard InChI is InChI=1S/C14H15F3N2S/c1-9-19-8-13(20-9)12(18-2)7-10-3-5-11(6-4-10)14(15,16)17/h3-6,8,12,18H,7H2,1-2H3. The van der Waals surface area contributed by atoms with E-state index in [2.05, 4.69) is 10.3 Å². The van der Waals surface area contributed by atoms with Gasteiger partial charge >= 0.3 is 6.18 Å². The molecule has 1 N–H and O–H groups in total. The second-order valence-corrected chi connectivity index (χ2v) is 5.79. The highest BCUT2D eigenvalue weighted by Crippen LogP contribution is 2.30. The molecule has 1 atom stereocenters. The number of halogens is 3. The van der Waals surface area contributed by atoms with Gasteiger partial charge in [-0.2, -0.15) is 13.2 Å². The van der Waals surface area contributed by atoms with Crippen LogP contribution in [-0.2, 0) is 12.6 Å². The van der Waals surface area contributed by atoms with Gasteiger partial charge in [-0.3, -0.25) is 0 Å². The van der Waals surface area contributed by atoms with Crippen LogP contribution in [0.2, 0.25) is 0 Å². The van der Waals surface area contributed by atoms with E-state index in [1.54, 1.807) is 11.3 Å². The van der Waals surface area contributed by atoms with Gasteiger partial charge in [0.2, 0.25) is 0 Å². The zero-order chi connectivity index (χ0) is 14.8. The predicted molar refractivity (Wildman–Crippen MR) is 73.8 cm³/mol. The van der Waals surface area contributed by atoms with Gasteiger partial charge in [-0.05, 0) is 38.1 Å². The molecule has 0 bridgehead atoms. The van der Waals surface area contributed by atoms with E-state index in [-0.39, 0.29) is 6.04 Å². The van der Waals surface area contributed by atoms with E-state index in [1.165, 1.54) is 12.1 Å². The number of hydrogen-bond donors (Lipinski definition) is 1. The van der Waals surface area contributed by atoms with Crippen molar-refractivity contribution in [3.8, 4) is 0 Å². The number of nitrogens with zero attached hydrogens (tertiary/aromatic N) is 1. The van der Waals surface area contributed by atoms with Gasteiger partial charge in [-0.1, -0.05) is 12.1 Å². The topological polar surface area (TPSA) is 24.9 Å². The Morgan fingerprint density at radius 3 is 2.35 bits per heavy atom. The van der Waals surface area contributed by atoms with Crippen LogP contribution in [0.1, 0.15) is 27.1 Å². The highest BCUT2D eigenvalue weighted by atomic mass is 32.1. The molecule has 0 saturated heterocycles. The van der Waals surface area contributed by atoms with Crippen LogP contribution in [0, 0.1) is 6.92 Å². The molecule has 1 unspecified atom stereocenters. The average molecular weight is 300 g/mol. The van der Waals surface area contributed by atoms with Gasteiger partial charge in [0.15, 0.2) is 0 Å². The van der Waals surface area contributed by atoms with E-state index in [0.29, 0.717) is 6.42 Å². The van der Waals surface area contributed by atoms with E-state index in [1.807, 2.05) is 20.2 Å². The number of thiazole rings is 1. The Balaban J connectivity index is 2.12. The lowest BCUT2D eigenvalue weighted by Crippen LogP contribution is -2.17. The number of hydrogen-bond acceptors (Lipinski definition) is 3. The van der Waals surface area contributed by atoms with Crippen LogP contribution < -0.4 is 5.32 Å². The van der Waals surface area contributed by atoms with E-state index in [9.17, 15) is 13.2 Å². The first-order chi connectivity index (χ1) is 9.40. The Morgan fingerprint density at radius 1 is 1.25 bits per heavy atom. The lowest BCUT2D eigenvalue weighted by atomic mass is 10.0. The van der Waals surface area contributed by atoms with Crippen molar-refractivity contribution in [2.75, 3.05) is 7.05 Å². The Kier molecular flexibility index (Phi) is 4.45. The highest BCUT2D eigenvalue weighted by Gasteiger charge is 2.30. The first-order valence-corrected chi connectivity index (χ1v) is 6.97. The monoisotopic (exact) mass is 300 g/mol. The lowest BCUT2D eigenvalue weighted by molar-refractivity contribution is -0.137. The summed E-state index contributed by atoms with van der Waals surface area (Å²) in [5.41, 5.74) is 0.249. The maximum Gasteiger partial charge on any atom is 0.416 e. The van der Waals surface area contributed by atoms with Gasteiger partial charge in [0.05, 0.1) is 10.6 Å². The molecular formula is C14H15F3N2S. The predicted octanol–water partition coefficient (Wildman–Crippen LogP) is 3.97. The Labute approximate surface area is 119 Å². The fourth-order valence-electron chi connectivity index (χ4n) is 1.95. The van der Waals surface area contributed by atoms with Crippen LogP contribution >= 0.6 is 11.3 Å². The lowest BCUT2D eigenvalue weighted by Gasteiger charge is -2.14.